The van der Waals surface area contributed by atoms with Crippen LogP contribution in [0.3, 0.4) is 0 Å². The number of hydrogen-bond acceptors (Lipinski definition) is 5. The van der Waals surface area contributed by atoms with E-state index in [0.29, 0.717) is 13.1 Å². The second-order valence-corrected chi connectivity index (χ2v) is 8.94. The van der Waals surface area contributed by atoms with E-state index in [-0.39, 0.29) is 24.5 Å². The van der Waals surface area contributed by atoms with Gasteiger partial charge >= 0.3 is 5.97 Å². The van der Waals surface area contributed by atoms with Crippen LogP contribution in [0.1, 0.15) is 24.1 Å². The number of nitrogens with one attached hydrogen (secondary N) is 1. The largest absolute Gasteiger partial charge is 0.485 e. The number of rotatable bonds is 7. The van der Waals surface area contributed by atoms with Crippen LogP contribution in [0.5, 0.6) is 5.75 Å². The van der Waals surface area contributed by atoms with Crippen LogP contribution >= 0.6 is 0 Å². The average molecular weight is 467 g/mol. The van der Waals surface area contributed by atoms with Crippen molar-refractivity contribution in [3.8, 4) is 5.75 Å². The van der Waals surface area contributed by atoms with Crippen LogP contribution in [0.4, 0.5) is 11.4 Å². The molecule has 1 heterocycles. The van der Waals surface area contributed by atoms with Crippen LogP contribution in [-0.2, 0) is 16.0 Å². The van der Waals surface area contributed by atoms with Gasteiger partial charge in [-0.1, -0.05) is 66.7 Å². The summed E-state index contributed by atoms with van der Waals surface area (Å²) in [5.41, 5.74) is 4.28. The summed E-state index contributed by atoms with van der Waals surface area (Å²) >= 11 is 0. The molecule has 5 rings (SSSR count). The Hall–Kier alpha value is -3.83. The lowest BCUT2D eigenvalue weighted by molar-refractivity contribution is -0.139. The molecule has 0 amide bonds. The molecule has 1 aliphatic rings. The molecule has 0 radical (unpaired) electrons. The van der Waals surface area contributed by atoms with Crippen LogP contribution in [0.2, 0.25) is 0 Å². The Morgan fingerprint density at radius 3 is 2.69 bits per heavy atom. The Labute approximate surface area is 206 Å². The fourth-order valence-corrected chi connectivity index (χ4v) is 4.77. The number of nitrogens with zero attached hydrogens (tertiary/aromatic N) is 1. The summed E-state index contributed by atoms with van der Waals surface area (Å²) in [4.78, 5) is 14.1. The molecule has 5 nitrogen and oxygen atoms in total. The summed E-state index contributed by atoms with van der Waals surface area (Å²) in [7, 11) is 1.42. The van der Waals surface area contributed by atoms with Crippen LogP contribution in [0.15, 0.2) is 91.0 Å². The van der Waals surface area contributed by atoms with Crippen LogP contribution in [0, 0.1) is 0 Å². The zero-order valence-electron chi connectivity index (χ0n) is 20.1. The number of methoxy groups -OCH3 is 1. The molecule has 5 heteroatoms. The molecule has 0 bridgehead atoms. The van der Waals surface area contributed by atoms with E-state index in [1.165, 1.54) is 23.4 Å². The maximum Gasteiger partial charge on any atom is 0.309 e. The van der Waals surface area contributed by atoms with Crippen molar-refractivity contribution in [3.05, 3.63) is 102 Å². The first kappa shape index (κ1) is 22.9. The van der Waals surface area contributed by atoms with Gasteiger partial charge in [0.2, 0.25) is 0 Å². The minimum Gasteiger partial charge on any atom is -0.485 e. The van der Waals surface area contributed by atoms with Gasteiger partial charge in [-0.05, 0) is 53.1 Å². The lowest BCUT2D eigenvalue weighted by Gasteiger charge is -2.37. The van der Waals surface area contributed by atoms with Gasteiger partial charge in [0.15, 0.2) is 0 Å². The second kappa shape index (κ2) is 10.2. The molecular formula is C30H30N2O3. The van der Waals surface area contributed by atoms with Crippen LogP contribution < -0.4 is 15.0 Å². The van der Waals surface area contributed by atoms with Crippen molar-refractivity contribution in [2.45, 2.75) is 25.5 Å². The minimum absolute atomic E-state index is 0.0356. The maximum atomic E-state index is 11.8. The summed E-state index contributed by atoms with van der Waals surface area (Å²) in [6.07, 6.45) is 0.218. The van der Waals surface area contributed by atoms with Crippen molar-refractivity contribution >= 4 is 28.1 Å². The number of para-hydroxylation sites is 2. The third-order valence-electron chi connectivity index (χ3n) is 6.58. The van der Waals surface area contributed by atoms with E-state index in [1.807, 2.05) is 30.3 Å². The first-order valence-electron chi connectivity index (χ1n) is 12.0. The second-order valence-electron chi connectivity index (χ2n) is 8.94. The molecule has 2 atom stereocenters. The fourth-order valence-electron chi connectivity index (χ4n) is 4.77. The zero-order valence-corrected chi connectivity index (χ0v) is 20.1. The van der Waals surface area contributed by atoms with Crippen molar-refractivity contribution < 1.29 is 14.3 Å². The summed E-state index contributed by atoms with van der Waals surface area (Å²) in [5, 5.41) is 6.22. The Kier molecular flexibility index (Phi) is 6.68. The number of esters is 1. The highest BCUT2D eigenvalue weighted by Gasteiger charge is 2.27. The summed E-state index contributed by atoms with van der Waals surface area (Å²) < 4.78 is 11.2. The van der Waals surface area contributed by atoms with Gasteiger partial charge in [0, 0.05) is 18.3 Å². The third kappa shape index (κ3) is 5.00. The predicted molar refractivity (Wildman–Crippen MR) is 140 cm³/mol. The molecule has 35 heavy (non-hydrogen) atoms. The number of carbonyl (C=O) groups is 1. The van der Waals surface area contributed by atoms with Crippen molar-refractivity contribution in [3.63, 3.8) is 0 Å². The Morgan fingerprint density at radius 2 is 1.80 bits per heavy atom. The molecule has 1 aliphatic heterocycles. The summed E-state index contributed by atoms with van der Waals surface area (Å²) in [6, 6.07) is 31.3. The normalized spacial score (nSPS) is 15.8. The first-order chi connectivity index (χ1) is 17.1. The molecule has 0 saturated carbocycles. The molecule has 0 saturated heterocycles. The quantitative estimate of drug-likeness (QED) is 0.349. The molecule has 4 aromatic rings. The van der Waals surface area contributed by atoms with E-state index in [9.17, 15) is 4.79 Å². The van der Waals surface area contributed by atoms with E-state index in [0.717, 1.165) is 22.7 Å². The van der Waals surface area contributed by atoms with Gasteiger partial charge in [-0.15, -0.1) is 0 Å². The lowest BCUT2D eigenvalue weighted by Crippen LogP contribution is -2.44. The van der Waals surface area contributed by atoms with Crippen molar-refractivity contribution in [2.75, 3.05) is 25.1 Å². The van der Waals surface area contributed by atoms with Crippen molar-refractivity contribution in [2.24, 2.45) is 0 Å². The lowest BCUT2D eigenvalue weighted by atomic mass is 9.99. The van der Waals surface area contributed by atoms with Gasteiger partial charge in [-0.3, -0.25) is 4.79 Å². The molecule has 0 aliphatic carbocycles. The number of fused-ring (bicyclic) bond motifs is 2. The molecule has 4 aromatic carbocycles. The highest BCUT2D eigenvalue weighted by molar-refractivity contribution is 5.86. The van der Waals surface area contributed by atoms with Gasteiger partial charge in [0.05, 0.1) is 25.8 Å². The van der Waals surface area contributed by atoms with E-state index < -0.39 is 0 Å². The molecule has 0 fully saturated rings. The summed E-state index contributed by atoms with van der Waals surface area (Å²) in [6.45, 7) is 3.61. The molecule has 1 N–H and O–H groups in total. The van der Waals surface area contributed by atoms with Gasteiger partial charge in [0.25, 0.3) is 0 Å². The molecule has 178 valence electrons. The van der Waals surface area contributed by atoms with E-state index >= 15 is 0 Å². The van der Waals surface area contributed by atoms with Crippen LogP contribution in [0.25, 0.3) is 10.8 Å². The molecular weight excluding hydrogens is 436 g/mol. The topological polar surface area (TPSA) is 50.8 Å². The molecule has 0 aromatic heterocycles. The van der Waals surface area contributed by atoms with E-state index in [2.05, 4.69) is 77.8 Å². The van der Waals surface area contributed by atoms with Gasteiger partial charge in [0.1, 0.15) is 11.9 Å². The van der Waals surface area contributed by atoms with Gasteiger partial charge < -0.3 is 19.7 Å². The summed E-state index contributed by atoms with van der Waals surface area (Å²) in [5.74, 6) is 0.621. The Balaban J connectivity index is 1.35. The standard InChI is InChI=1S/C30H30N2O3/c1-21(26-14-8-11-23-10-3-4-13-27(23)26)31-19-25-20-32(28-15-5-6-16-29(28)35-25)24-12-7-9-22(17-24)18-30(33)34-2/h3-17,21,25,31H,18-20H2,1-2H3/t21-,25?/m1/s1. The first-order valence-corrected chi connectivity index (χ1v) is 12.0. The highest BCUT2D eigenvalue weighted by Crippen LogP contribution is 2.38. The SMILES string of the molecule is COC(=O)Cc1cccc(N2CC(CN[C@H](C)c3cccc4ccccc34)Oc3ccccc32)c1. The van der Waals surface area contributed by atoms with Gasteiger partial charge in [-0.2, -0.15) is 0 Å². The van der Waals surface area contributed by atoms with Crippen molar-refractivity contribution in [1.29, 1.82) is 0 Å². The number of hydrogen-bond donors (Lipinski definition) is 1. The predicted octanol–water partition coefficient (Wildman–Crippen LogP) is 5.81. The molecule has 1 unspecified atom stereocenters. The third-order valence-corrected chi connectivity index (χ3v) is 6.58. The smallest absolute Gasteiger partial charge is 0.309 e. The monoisotopic (exact) mass is 466 g/mol. The van der Waals surface area contributed by atoms with Gasteiger partial charge in [-0.25, -0.2) is 0 Å². The average Bonchev–Trinajstić information content (AvgIpc) is 2.91. The fraction of sp³-hybridized carbons (Fsp3) is 0.233. The molecule has 0 spiro atoms. The van der Waals surface area contributed by atoms with Crippen LogP contribution in [-0.4, -0.2) is 32.3 Å². The number of carbonyl (C=O) groups excluding carboxylic acids is 1. The van der Waals surface area contributed by atoms with E-state index in [4.69, 9.17) is 9.47 Å². The number of anilines is 2. The van der Waals surface area contributed by atoms with E-state index in [1.54, 1.807) is 0 Å². The minimum atomic E-state index is -0.242. The zero-order chi connectivity index (χ0) is 24.2. The van der Waals surface area contributed by atoms with Crippen molar-refractivity contribution in [1.82, 2.24) is 5.32 Å². The Morgan fingerprint density at radius 1 is 1.03 bits per heavy atom. The highest BCUT2D eigenvalue weighted by atomic mass is 16.5. The Bertz CT molecular complexity index is 1330. The number of ether oxygens (including phenoxy) is 2. The maximum absolute atomic E-state index is 11.8. The number of benzene rings is 4.